The molecule has 2 aromatic rings. The number of aromatic nitrogens is 2. The average molecular weight is 259 g/mol. The van der Waals surface area contributed by atoms with Gasteiger partial charge in [0.15, 0.2) is 0 Å². The number of anilines is 1. The van der Waals surface area contributed by atoms with E-state index in [2.05, 4.69) is 15.3 Å². The van der Waals surface area contributed by atoms with Crippen molar-refractivity contribution in [2.45, 2.75) is 0 Å². The van der Waals surface area contributed by atoms with Gasteiger partial charge < -0.3 is 14.8 Å². The van der Waals surface area contributed by atoms with Crippen molar-refractivity contribution < 1.29 is 14.3 Å². The van der Waals surface area contributed by atoms with E-state index >= 15 is 0 Å². The van der Waals surface area contributed by atoms with Crippen LogP contribution in [0.5, 0.6) is 11.6 Å². The number of nitrogens with one attached hydrogen (secondary N) is 1. The number of amides is 1. The van der Waals surface area contributed by atoms with Gasteiger partial charge in [-0.05, 0) is 24.3 Å². The minimum absolute atomic E-state index is 0.239. The van der Waals surface area contributed by atoms with E-state index in [-0.39, 0.29) is 11.6 Å². The molecule has 0 aliphatic carbocycles. The van der Waals surface area contributed by atoms with Gasteiger partial charge in [0.1, 0.15) is 17.8 Å². The van der Waals surface area contributed by atoms with Gasteiger partial charge in [-0.1, -0.05) is 0 Å². The Hall–Kier alpha value is -2.63. The first-order valence-corrected chi connectivity index (χ1v) is 5.54. The lowest BCUT2D eigenvalue weighted by molar-refractivity contribution is 0.102. The van der Waals surface area contributed by atoms with Crippen molar-refractivity contribution in [3.8, 4) is 11.6 Å². The summed E-state index contributed by atoms with van der Waals surface area (Å²) in [6.07, 6.45) is 1.28. The maximum atomic E-state index is 11.9. The van der Waals surface area contributed by atoms with Gasteiger partial charge in [-0.15, -0.1) is 0 Å². The molecule has 0 fully saturated rings. The summed E-state index contributed by atoms with van der Waals surface area (Å²) in [4.78, 5) is 19.7. The molecule has 1 aromatic heterocycles. The zero-order valence-electron chi connectivity index (χ0n) is 10.6. The van der Waals surface area contributed by atoms with Gasteiger partial charge >= 0.3 is 0 Å². The lowest BCUT2D eigenvalue weighted by atomic mass is 10.3. The summed E-state index contributed by atoms with van der Waals surface area (Å²) in [5, 5.41) is 2.72. The molecule has 0 saturated heterocycles. The highest BCUT2D eigenvalue weighted by Gasteiger charge is 2.09. The topological polar surface area (TPSA) is 73.3 Å². The van der Waals surface area contributed by atoms with Crippen LogP contribution in [0.4, 0.5) is 5.69 Å². The maximum Gasteiger partial charge on any atom is 0.274 e. The Kier molecular flexibility index (Phi) is 3.92. The summed E-state index contributed by atoms with van der Waals surface area (Å²) in [6, 6.07) is 8.48. The molecule has 0 saturated carbocycles. The van der Waals surface area contributed by atoms with Crippen LogP contribution < -0.4 is 14.8 Å². The Morgan fingerprint density at radius 3 is 2.47 bits per heavy atom. The SMILES string of the molecule is COc1ccc(NC(=O)c2cc(OC)ncn2)cc1. The molecule has 0 bridgehead atoms. The molecule has 1 amide bonds. The summed E-state index contributed by atoms with van der Waals surface area (Å²) in [5.74, 6) is 0.738. The molecule has 6 heteroatoms. The van der Waals surface area contributed by atoms with E-state index < -0.39 is 0 Å². The second kappa shape index (κ2) is 5.81. The quantitative estimate of drug-likeness (QED) is 0.905. The molecule has 1 aromatic carbocycles. The lowest BCUT2D eigenvalue weighted by Crippen LogP contribution is -2.14. The lowest BCUT2D eigenvalue weighted by Gasteiger charge is -2.06. The first-order chi connectivity index (χ1) is 9.22. The number of carbonyl (C=O) groups is 1. The second-order valence-corrected chi connectivity index (χ2v) is 3.63. The van der Waals surface area contributed by atoms with Crippen molar-refractivity contribution in [1.29, 1.82) is 0 Å². The molecule has 1 N–H and O–H groups in total. The van der Waals surface area contributed by atoms with Crippen molar-refractivity contribution in [2.75, 3.05) is 19.5 Å². The molecule has 6 nitrogen and oxygen atoms in total. The van der Waals surface area contributed by atoms with Crippen LogP contribution in [-0.2, 0) is 0 Å². The van der Waals surface area contributed by atoms with E-state index in [0.717, 1.165) is 5.75 Å². The second-order valence-electron chi connectivity index (χ2n) is 3.63. The van der Waals surface area contributed by atoms with Crippen LogP contribution in [0.3, 0.4) is 0 Å². The van der Waals surface area contributed by atoms with Crippen LogP contribution >= 0.6 is 0 Å². The third-order valence-corrected chi connectivity index (χ3v) is 2.43. The highest BCUT2D eigenvalue weighted by molar-refractivity contribution is 6.02. The summed E-state index contributed by atoms with van der Waals surface area (Å²) in [7, 11) is 3.06. The van der Waals surface area contributed by atoms with Gasteiger partial charge in [0.25, 0.3) is 5.91 Å². The highest BCUT2D eigenvalue weighted by Crippen LogP contribution is 2.16. The number of rotatable bonds is 4. The average Bonchev–Trinajstić information content (AvgIpc) is 2.48. The number of ether oxygens (including phenoxy) is 2. The number of nitrogens with zero attached hydrogens (tertiary/aromatic N) is 2. The molecule has 98 valence electrons. The smallest absolute Gasteiger partial charge is 0.274 e. The van der Waals surface area contributed by atoms with E-state index in [1.807, 2.05) is 0 Å². The fourth-order valence-corrected chi connectivity index (χ4v) is 1.44. The monoisotopic (exact) mass is 259 g/mol. The van der Waals surface area contributed by atoms with Gasteiger partial charge in [-0.25, -0.2) is 9.97 Å². The minimum atomic E-state index is -0.328. The molecule has 0 unspecified atom stereocenters. The van der Waals surface area contributed by atoms with Gasteiger partial charge in [-0.3, -0.25) is 4.79 Å². The zero-order valence-corrected chi connectivity index (χ0v) is 10.6. The molecule has 1 heterocycles. The highest BCUT2D eigenvalue weighted by atomic mass is 16.5. The number of hydrogen-bond acceptors (Lipinski definition) is 5. The normalized spacial score (nSPS) is 9.79. The summed E-state index contributed by atoms with van der Waals surface area (Å²) in [5.41, 5.74) is 0.894. The molecule has 2 rings (SSSR count). The molecule has 0 radical (unpaired) electrons. The third-order valence-electron chi connectivity index (χ3n) is 2.43. The van der Waals surface area contributed by atoms with Crippen molar-refractivity contribution in [3.63, 3.8) is 0 Å². The molecule has 0 atom stereocenters. The van der Waals surface area contributed by atoms with E-state index in [0.29, 0.717) is 11.6 Å². The minimum Gasteiger partial charge on any atom is -0.497 e. The van der Waals surface area contributed by atoms with E-state index in [4.69, 9.17) is 9.47 Å². The Morgan fingerprint density at radius 1 is 1.11 bits per heavy atom. The molecule has 0 spiro atoms. The summed E-state index contributed by atoms with van der Waals surface area (Å²) in [6.45, 7) is 0. The van der Waals surface area contributed by atoms with E-state index in [1.54, 1.807) is 31.4 Å². The predicted octanol–water partition coefficient (Wildman–Crippen LogP) is 1.75. The van der Waals surface area contributed by atoms with E-state index in [9.17, 15) is 4.79 Å². The Labute approximate surface area is 110 Å². The molecule has 0 aliphatic rings. The van der Waals surface area contributed by atoms with Gasteiger partial charge in [0, 0.05) is 11.8 Å². The first kappa shape index (κ1) is 12.8. The van der Waals surface area contributed by atoms with Crippen molar-refractivity contribution in [2.24, 2.45) is 0 Å². The van der Waals surface area contributed by atoms with Crippen LogP contribution in [0.25, 0.3) is 0 Å². The van der Waals surface area contributed by atoms with Crippen molar-refractivity contribution >= 4 is 11.6 Å². The van der Waals surface area contributed by atoms with Crippen LogP contribution in [0.15, 0.2) is 36.7 Å². The number of methoxy groups -OCH3 is 2. The van der Waals surface area contributed by atoms with Crippen LogP contribution in [0.2, 0.25) is 0 Å². The Balaban J connectivity index is 2.11. The van der Waals surface area contributed by atoms with Crippen LogP contribution in [0, 0.1) is 0 Å². The predicted molar refractivity (Wildman–Crippen MR) is 69.5 cm³/mol. The van der Waals surface area contributed by atoms with Crippen LogP contribution in [0.1, 0.15) is 10.5 Å². The fraction of sp³-hybridized carbons (Fsp3) is 0.154. The fourth-order valence-electron chi connectivity index (χ4n) is 1.44. The van der Waals surface area contributed by atoms with Gasteiger partial charge in [-0.2, -0.15) is 0 Å². The Morgan fingerprint density at radius 2 is 1.84 bits per heavy atom. The molecule has 19 heavy (non-hydrogen) atoms. The zero-order chi connectivity index (χ0) is 13.7. The number of benzene rings is 1. The third kappa shape index (κ3) is 3.19. The summed E-state index contributed by atoms with van der Waals surface area (Å²) >= 11 is 0. The van der Waals surface area contributed by atoms with Gasteiger partial charge in [0.05, 0.1) is 14.2 Å². The molecular weight excluding hydrogens is 246 g/mol. The first-order valence-electron chi connectivity index (χ1n) is 5.54. The van der Waals surface area contributed by atoms with Crippen LogP contribution in [-0.4, -0.2) is 30.1 Å². The Bertz CT molecular complexity index is 570. The number of hydrogen-bond donors (Lipinski definition) is 1. The van der Waals surface area contributed by atoms with E-state index in [1.165, 1.54) is 19.5 Å². The number of carbonyl (C=O) groups excluding carboxylic acids is 1. The maximum absolute atomic E-state index is 11.9. The van der Waals surface area contributed by atoms with Crippen molar-refractivity contribution in [3.05, 3.63) is 42.4 Å². The van der Waals surface area contributed by atoms with Gasteiger partial charge in [0.2, 0.25) is 5.88 Å². The summed E-state index contributed by atoms with van der Waals surface area (Å²) < 4.78 is 9.98. The molecular formula is C13H13N3O3. The van der Waals surface area contributed by atoms with Crippen molar-refractivity contribution in [1.82, 2.24) is 9.97 Å². The largest absolute Gasteiger partial charge is 0.497 e. The standard InChI is InChI=1S/C13H13N3O3/c1-18-10-5-3-9(4-6-10)16-13(17)11-7-12(19-2)15-8-14-11/h3-8H,1-2H3,(H,16,17). The molecule has 0 aliphatic heterocycles.